The van der Waals surface area contributed by atoms with Crippen molar-refractivity contribution >= 4 is 17.3 Å². The molecule has 0 atom stereocenters. The highest BCUT2D eigenvalue weighted by molar-refractivity contribution is 5.94. The number of carbonyl (C=O) groups excluding carboxylic acids is 1. The van der Waals surface area contributed by atoms with Gasteiger partial charge in [0.15, 0.2) is 0 Å². The number of hydrogen-bond donors (Lipinski definition) is 1. The molecule has 0 saturated carbocycles. The quantitative estimate of drug-likeness (QED) is 0.922. The zero-order valence-electron chi connectivity index (χ0n) is 13.2. The van der Waals surface area contributed by atoms with Gasteiger partial charge in [-0.1, -0.05) is 42.5 Å². The predicted molar refractivity (Wildman–Crippen MR) is 92.9 cm³/mol. The Hall–Kier alpha value is -2.33. The SMILES string of the molecule is O=C(CCc1ccccc1)Nc1ccccc1N1CCOCC1. The molecule has 1 fully saturated rings. The zero-order chi connectivity index (χ0) is 15.9. The van der Waals surface area contributed by atoms with Crippen molar-refractivity contribution in [2.75, 3.05) is 36.5 Å². The third-order valence-corrected chi connectivity index (χ3v) is 4.01. The lowest BCUT2D eigenvalue weighted by Crippen LogP contribution is -2.36. The van der Waals surface area contributed by atoms with Gasteiger partial charge in [0.25, 0.3) is 0 Å². The summed E-state index contributed by atoms with van der Waals surface area (Å²) in [6.07, 6.45) is 1.24. The fraction of sp³-hybridized carbons (Fsp3) is 0.316. The Kier molecular flexibility index (Phi) is 5.27. The molecule has 0 aliphatic carbocycles. The van der Waals surface area contributed by atoms with Gasteiger partial charge in [-0.05, 0) is 24.1 Å². The number of amides is 1. The summed E-state index contributed by atoms with van der Waals surface area (Å²) in [7, 11) is 0. The van der Waals surface area contributed by atoms with Crippen LogP contribution in [0.25, 0.3) is 0 Å². The fourth-order valence-electron chi connectivity index (χ4n) is 2.77. The molecule has 0 spiro atoms. The third kappa shape index (κ3) is 4.33. The summed E-state index contributed by atoms with van der Waals surface area (Å²) in [5, 5.41) is 3.06. The van der Waals surface area contributed by atoms with Crippen molar-refractivity contribution in [2.45, 2.75) is 12.8 Å². The van der Waals surface area contributed by atoms with Crippen molar-refractivity contribution in [3.05, 3.63) is 60.2 Å². The van der Waals surface area contributed by atoms with E-state index in [-0.39, 0.29) is 5.91 Å². The van der Waals surface area contributed by atoms with E-state index in [1.807, 2.05) is 36.4 Å². The average Bonchev–Trinajstić information content (AvgIpc) is 2.62. The van der Waals surface area contributed by atoms with Crippen molar-refractivity contribution in [3.8, 4) is 0 Å². The Morgan fingerprint density at radius 1 is 1.00 bits per heavy atom. The number of ether oxygens (including phenoxy) is 1. The Balaban J connectivity index is 1.62. The molecule has 3 rings (SSSR count). The molecule has 0 radical (unpaired) electrons. The number of nitrogens with zero attached hydrogens (tertiary/aromatic N) is 1. The van der Waals surface area contributed by atoms with Gasteiger partial charge in [0.05, 0.1) is 24.6 Å². The van der Waals surface area contributed by atoms with Crippen LogP contribution >= 0.6 is 0 Å². The van der Waals surface area contributed by atoms with Crippen molar-refractivity contribution < 1.29 is 9.53 Å². The van der Waals surface area contributed by atoms with Crippen LogP contribution in [0.5, 0.6) is 0 Å². The standard InChI is InChI=1S/C19H22N2O2/c22-19(11-10-16-6-2-1-3-7-16)20-17-8-4-5-9-18(17)21-12-14-23-15-13-21/h1-9H,10-15H2,(H,20,22). The third-order valence-electron chi connectivity index (χ3n) is 4.01. The van der Waals surface area contributed by atoms with Crippen LogP contribution in [0.4, 0.5) is 11.4 Å². The molecule has 2 aromatic carbocycles. The first-order valence-corrected chi connectivity index (χ1v) is 8.08. The Morgan fingerprint density at radius 2 is 1.70 bits per heavy atom. The first-order chi connectivity index (χ1) is 11.3. The number of anilines is 2. The summed E-state index contributed by atoms with van der Waals surface area (Å²) >= 11 is 0. The molecule has 0 aromatic heterocycles. The van der Waals surface area contributed by atoms with Crippen LogP contribution in [-0.4, -0.2) is 32.2 Å². The molecule has 0 unspecified atom stereocenters. The molecule has 0 bridgehead atoms. The first-order valence-electron chi connectivity index (χ1n) is 8.08. The molecule has 1 N–H and O–H groups in total. The molecule has 1 aliphatic rings. The summed E-state index contributed by atoms with van der Waals surface area (Å²) in [5.74, 6) is 0.0505. The lowest BCUT2D eigenvalue weighted by Gasteiger charge is -2.30. The molecule has 4 heteroatoms. The van der Waals surface area contributed by atoms with Gasteiger partial charge >= 0.3 is 0 Å². The molecule has 23 heavy (non-hydrogen) atoms. The van der Waals surface area contributed by atoms with Crippen molar-refractivity contribution in [1.82, 2.24) is 0 Å². The van der Waals surface area contributed by atoms with Crippen LogP contribution < -0.4 is 10.2 Å². The molecular weight excluding hydrogens is 288 g/mol. The maximum atomic E-state index is 12.3. The highest BCUT2D eigenvalue weighted by Crippen LogP contribution is 2.26. The summed E-state index contributed by atoms with van der Waals surface area (Å²) in [6, 6.07) is 18.1. The van der Waals surface area contributed by atoms with Gasteiger partial charge in [0.2, 0.25) is 5.91 Å². The maximum absolute atomic E-state index is 12.3. The van der Waals surface area contributed by atoms with Crippen LogP contribution in [0.3, 0.4) is 0 Å². The zero-order valence-corrected chi connectivity index (χ0v) is 13.2. The smallest absolute Gasteiger partial charge is 0.224 e. The number of nitrogens with one attached hydrogen (secondary N) is 1. The fourth-order valence-corrected chi connectivity index (χ4v) is 2.77. The summed E-state index contributed by atoms with van der Waals surface area (Å²) in [5.41, 5.74) is 3.14. The van der Waals surface area contributed by atoms with E-state index in [0.717, 1.165) is 44.1 Å². The predicted octanol–water partition coefficient (Wildman–Crippen LogP) is 3.09. The summed E-state index contributed by atoms with van der Waals surface area (Å²) in [6.45, 7) is 3.18. The van der Waals surface area contributed by atoms with Crippen molar-refractivity contribution in [1.29, 1.82) is 0 Å². The van der Waals surface area contributed by atoms with Crippen LogP contribution in [0.2, 0.25) is 0 Å². The molecule has 120 valence electrons. The van der Waals surface area contributed by atoms with Crippen LogP contribution in [0, 0.1) is 0 Å². The van der Waals surface area contributed by atoms with Gasteiger partial charge in [-0.2, -0.15) is 0 Å². The van der Waals surface area contributed by atoms with Gasteiger partial charge < -0.3 is 15.0 Å². The van der Waals surface area contributed by atoms with E-state index in [2.05, 4.69) is 28.4 Å². The van der Waals surface area contributed by atoms with Gasteiger partial charge in [-0.15, -0.1) is 0 Å². The van der Waals surface area contributed by atoms with Gasteiger partial charge in [-0.3, -0.25) is 4.79 Å². The van der Waals surface area contributed by atoms with Gasteiger partial charge in [0, 0.05) is 19.5 Å². The Morgan fingerprint density at radius 3 is 2.48 bits per heavy atom. The van der Waals surface area contributed by atoms with Gasteiger partial charge in [0.1, 0.15) is 0 Å². The summed E-state index contributed by atoms with van der Waals surface area (Å²) < 4.78 is 5.40. The Bertz CT molecular complexity index is 637. The number of rotatable bonds is 5. The van der Waals surface area contributed by atoms with E-state index >= 15 is 0 Å². The maximum Gasteiger partial charge on any atom is 0.224 e. The first kappa shape index (κ1) is 15.6. The lowest BCUT2D eigenvalue weighted by molar-refractivity contribution is -0.116. The van der Waals surface area contributed by atoms with Crippen molar-refractivity contribution in [2.24, 2.45) is 0 Å². The largest absolute Gasteiger partial charge is 0.378 e. The monoisotopic (exact) mass is 310 g/mol. The second-order valence-corrected chi connectivity index (χ2v) is 5.65. The molecule has 1 heterocycles. The second-order valence-electron chi connectivity index (χ2n) is 5.65. The van der Waals surface area contributed by atoms with E-state index < -0.39 is 0 Å². The Labute approximate surface area is 137 Å². The highest BCUT2D eigenvalue weighted by atomic mass is 16.5. The highest BCUT2D eigenvalue weighted by Gasteiger charge is 2.15. The number of carbonyl (C=O) groups is 1. The van der Waals surface area contributed by atoms with E-state index in [9.17, 15) is 4.79 Å². The molecule has 2 aromatic rings. The van der Waals surface area contributed by atoms with E-state index in [0.29, 0.717) is 6.42 Å². The topological polar surface area (TPSA) is 41.6 Å². The summed E-state index contributed by atoms with van der Waals surface area (Å²) in [4.78, 5) is 14.5. The van der Waals surface area contributed by atoms with Crippen LogP contribution in [-0.2, 0) is 16.0 Å². The molecule has 1 saturated heterocycles. The normalized spacial score (nSPS) is 14.5. The lowest BCUT2D eigenvalue weighted by atomic mass is 10.1. The van der Waals surface area contributed by atoms with E-state index in [4.69, 9.17) is 4.74 Å². The minimum absolute atomic E-state index is 0.0505. The second kappa shape index (κ2) is 7.79. The molecule has 1 amide bonds. The minimum Gasteiger partial charge on any atom is -0.378 e. The number of morpholine rings is 1. The molecule has 1 aliphatic heterocycles. The molecular formula is C19H22N2O2. The van der Waals surface area contributed by atoms with E-state index in [1.54, 1.807) is 0 Å². The number of aryl methyl sites for hydroxylation is 1. The average molecular weight is 310 g/mol. The van der Waals surface area contributed by atoms with Gasteiger partial charge in [-0.25, -0.2) is 0 Å². The number of hydrogen-bond acceptors (Lipinski definition) is 3. The van der Waals surface area contributed by atoms with E-state index in [1.165, 1.54) is 5.56 Å². The van der Waals surface area contributed by atoms with Crippen molar-refractivity contribution in [3.63, 3.8) is 0 Å². The molecule has 4 nitrogen and oxygen atoms in total. The number of para-hydroxylation sites is 2. The minimum atomic E-state index is 0.0505. The van der Waals surface area contributed by atoms with Crippen LogP contribution in [0.15, 0.2) is 54.6 Å². The van der Waals surface area contributed by atoms with Crippen LogP contribution in [0.1, 0.15) is 12.0 Å². The number of benzene rings is 2.